The summed E-state index contributed by atoms with van der Waals surface area (Å²) in [5.74, 6) is 0.347. The fraction of sp³-hybridized carbons (Fsp3) is 0.105. The first-order valence-corrected chi connectivity index (χ1v) is 9.52. The van der Waals surface area contributed by atoms with Crippen molar-refractivity contribution in [1.82, 2.24) is 15.3 Å². The van der Waals surface area contributed by atoms with Crippen LogP contribution < -0.4 is 10.0 Å². The lowest BCUT2D eigenvalue weighted by Crippen LogP contribution is -2.23. The van der Waals surface area contributed by atoms with Crippen LogP contribution in [0.15, 0.2) is 67.0 Å². The molecule has 0 radical (unpaired) electrons. The summed E-state index contributed by atoms with van der Waals surface area (Å²) in [6, 6.07) is 17.0. The van der Waals surface area contributed by atoms with Gasteiger partial charge in [-0.2, -0.15) is 0 Å². The van der Waals surface area contributed by atoms with Gasteiger partial charge in [-0.3, -0.25) is 4.79 Å². The Kier molecular flexibility index (Phi) is 5.70. The van der Waals surface area contributed by atoms with E-state index in [-0.39, 0.29) is 5.91 Å². The van der Waals surface area contributed by atoms with Crippen LogP contribution in [0.3, 0.4) is 0 Å². The van der Waals surface area contributed by atoms with Gasteiger partial charge in [-0.25, -0.2) is 14.2 Å². The van der Waals surface area contributed by atoms with Crippen molar-refractivity contribution in [2.24, 2.45) is 0 Å². The van der Waals surface area contributed by atoms with E-state index >= 15 is 0 Å². The number of amides is 1. The third kappa shape index (κ3) is 4.73. The van der Waals surface area contributed by atoms with Gasteiger partial charge in [0.25, 0.3) is 5.91 Å². The van der Waals surface area contributed by atoms with Crippen molar-refractivity contribution < 1.29 is 9.00 Å². The molecule has 0 saturated heterocycles. The van der Waals surface area contributed by atoms with E-state index in [1.165, 1.54) is 12.4 Å². The highest BCUT2D eigenvalue weighted by Crippen LogP contribution is 2.13. The third-order valence-corrected chi connectivity index (χ3v) is 4.14. The minimum Gasteiger partial charge on any atom is -0.348 e. The topological polar surface area (TPSA) is 84.0 Å². The molecule has 2 N–H and O–H groups in total. The van der Waals surface area contributed by atoms with Crippen LogP contribution in [-0.2, 0) is 17.5 Å². The van der Waals surface area contributed by atoms with Crippen molar-refractivity contribution in [2.45, 2.75) is 6.54 Å². The molecule has 0 bridgehead atoms. The van der Waals surface area contributed by atoms with Crippen LogP contribution in [0, 0.1) is 0 Å². The average Bonchev–Trinajstić information content (AvgIpc) is 2.67. The zero-order valence-corrected chi connectivity index (χ0v) is 15.0. The lowest BCUT2D eigenvalue weighted by atomic mass is 10.2. The molecule has 3 aromatic rings. The maximum Gasteiger partial charge on any atom is 0.254 e. The summed E-state index contributed by atoms with van der Waals surface area (Å²) in [5.41, 5.74) is 3.02. The molecule has 0 aliphatic rings. The molecule has 132 valence electrons. The molecule has 1 heterocycles. The van der Waals surface area contributed by atoms with Gasteiger partial charge in [-0.1, -0.05) is 42.5 Å². The second-order valence-electron chi connectivity index (χ2n) is 5.60. The predicted octanol–water partition coefficient (Wildman–Crippen LogP) is 2.78. The molecule has 26 heavy (non-hydrogen) atoms. The maximum absolute atomic E-state index is 12.2. The smallest absolute Gasteiger partial charge is 0.254 e. The molecular weight excluding hydrogens is 348 g/mol. The van der Waals surface area contributed by atoms with E-state index in [0.717, 1.165) is 16.8 Å². The maximum atomic E-state index is 12.2. The second kappa shape index (κ2) is 8.35. The summed E-state index contributed by atoms with van der Waals surface area (Å²) in [6.45, 7) is 0.384. The molecule has 6 nitrogen and oxygen atoms in total. The van der Waals surface area contributed by atoms with E-state index in [2.05, 4.69) is 20.0 Å². The Balaban J connectivity index is 1.59. The van der Waals surface area contributed by atoms with Crippen molar-refractivity contribution in [3.05, 3.63) is 78.1 Å². The number of rotatable bonds is 6. The van der Waals surface area contributed by atoms with E-state index in [9.17, 15) is 9.00 Å². The number of hydrogen-bond acceptors (Lipinski definition) is 4. The predicted molar refractivity (Wildman–Crippen MR) is 103 cm³/mol. The minimum atomic E-state index is -1.11. The van der Waals surface area contributed by atoms with Gasteiger partial charge in [0.2, 0.25) is 0 Å². The number of nitrogens with one attached hydrogen (secondary N) is 2. The van der Waals surface area contributed by atoms with Crippen LogP contribution >= 0.6 is 0 Å². The normalized spacial score (nSPS) is 11.6. The lowest BCUT2D eigenvalue weighted by molar-refractivity contribution is 0.0950. The monoisotopic (exact) mass is 366 g/mol. The van der Waals surface area contributed by atoms with Crippen molar-refractivity contribution in [3.8, 4) is 11.4 Å². The van der Waals surface area contributed by atoms with E-state index in [1.807, 2.05) is 54.6 Å². The van der Waals surface area contributed by atoms with Crippen LogP contribution in [-0.4, -0.2) is 26.3 Å². The van der Waals surface area contributed by atoms with Gasteiger partial charge in [0.15, 0.2) is 5.82 Å². The van der Waals surface area contributed by atoms with E-state index in [1.54, 1.807) is 6.26 Å². The van der Waals surface area contributed by atoms with E-state index < -0.39 is 11.0 Å². The highest BCUT2D eigenvalue weighted by atomic mass is 32.2. The molecule has 0 aliphatic carbocycles. The molecule has 1 aromatic heterocycles. The Morgan fingerprint density at radius 1 is 1.00 bits per heavy atom. The third-order valence-electron chi connectivity index (χ3n) is 3.61. The second-order valence-corrected chi connectivity index (χ2v) is 6.71. The minimum absolute atomic E-state index is 0.235. The number of carbonyl (C=O) groups is 1. The van der Waals surface area contributed by atoms with Crippen molar-refractivity contribution in [2.75, 3.05) is 11.0 Å². The fourth-order valence-corrected chi connectivity index (χ4v) is 2.79. The van der Waals surface area contributed by atoms with Crippen LogP contribution in [0.25, 0.3) is 11.4 Å². The lowest BCUT2D eigenvalue weighted by Gasteiger charge is -2.07. The summed E-state index contributed by atoms with van der Waals surface area (Å²) in [4.78, 5) is 20.7. The SMILES string of the molecule is CS(=O)Nc1ccc(CNC(=O)c2cnc(-c3ccccc3)nc2)cc1. The van der Waals surface area contributed by atoms with Crippen molar-refractivity contribution >= 4 is 22.6 Å². The average molecular weight is 366 g/mol. The number of carbonyl (C=O) groups excluding carboxylic acids is 1. The molecule has 2 aromatic carbocycles. The van der Waals surface area contributed by atoms with Gasteiger partial charge in [-0.15, -0.1) is 0 Å². The first-order chi connectivity index (χ1) is 12.6. The zero-order chi connectivity index (χ0) is 18.4. The molecule has 0 fully saturated rings. The van der Waals surface area contributed by atoms with E-state index in [0.29, 0.717) is 17.9 Å². The Morgan fingerprint density at radius 2 is 1.65 bits per heavy atom. The number of benzene rings is 2. The van der Waals surface area contributed by atoms with Crippen LogP contribution in [0.4, 0.5) is 5.69 Å². The van der Waals surface area contributed by atoms with Crippen LogP contribution in [0.1, 0.15) is 15.9 Å². The highest BCUT2D eigenvalue weighted by molar-refractivity contribution is 7.85. The number of anilines is 1. The molecule has 7 heteroatoms. The molecule has 0 spiro atoms. The molecule has 3 rings (SSSR count). The van der Waals surface area contributed by atoms with Gasteiger partial charge in [0, 0.05) is 36.4 Å². The van der Waals surface area contributed by atoms with Gasteiger partial charge >= 0.3 is 0 Å². The first-order valence-electron chi connectivity index (χ1n) is 7.96. The van der Waals surface area contributed by atoms with Crippen molar-refractivity contribution in [3.63, 3.8) is 0 Å². The van der Waals surface area contributed by atoms with Crippen LogP contribution in [0.2, 0.25) is 0 Å². The van der Waals surface area contributed by atoms with Gasteiger partial charge in [0.05, 0.1) is 5.56 Å². The van der Waals surface area contributed by atoms with Crippen LogP contribution in [0.5, 0.6) is 0 Å². The molecular formula is C19H18N4O2S. The molecule has 0 saturated carbocycles. The Labute approximate surface area is 154 Å². The van der Waals surface area contributed by atoms with E-state index in [4.69, 9.17) is 0 Å². The summed E-state index contributed by atoms with van der Waals surface area (Å²) in [5, 5.41) is 2.84. The summed E-state index contributed by atoms with van der Waals surface area (Å²) >= 11 is 0. The quantitative estimate of drug-likeness (QED) is 0.703. The number of hydrogen-bond donors (Lipinski definition) is 2. The number of aromatic nitrogens is 2. The summed E-state index contributed by atoms with van der Waals surface area (Å²) in [7, 11) is -1.11. The zero-order valence-electron chi connectivity index (χ0n) is 14.2. The Bertz CT molecular complexity index is 897. The number of nitrogens with zero attached hydrogens (tertiary/aromatic N) is 2. The Hall–Kier alpha value is -3.06. The van der Waals surface area contributed by atoms with Gasteiger partial charge < -0.3 is 10.0 Å². The largest absolute Gasteiger partial charge is 0.348 e. The molecule has 1 atom stereocenters. The molecule has 1 unspecified atom stereocenters. The molecule has 0 aliphatic heterocycles. The Morgan fingerprint density at radius 3 is 2.27 bits per heavy atom. The summed E-state index contributed by atoms with van der Waals surface area (Å²) in [6.07, 6.45) is 4.61. The van der Waals surface area contributed by atoms with Crippen molar-refractivity contribution in [1.29, 1.82) is 0 Å². The summed E-state index contributed by atoms with van der Waals surface area (Å²) < 4.78 is 13.9. The first kappa shape index (κ1) is 17.8. The highest BCUT2D eigenvalue weighted by Gasteiger charge is 2.08. The van der Waals surface area contributed by atoms with Gasteiger partial charge in [0.1, 0.15) is 11.0 Å². The fourth-order valence-electron chi connectivity index (χ4n) is 2.32. The molecule has 1 amide bonds. The standard InChI is InChI=1S/C19H18N4O2S/c1-26(25)23-17-9-7-14(8-10-17)11-22-19(24)16-12-20-18(21-13-16)15-5-3-2-4-6-15/h2-10,12-13,23H,11H2,1H3,(H,22,24). The van der Waals surface area contributed by atoms with Gasteiger partial charge in [-0.05, 0) is 17.7 Å².